The van der Waals surface area contributed by atoms with Crippen molar-refractivity contribution in [2.75, 3.05) is 5.73 Å². The molecule has 0 spiro atoms. The van der Waals surface area contributed by atoms with Crippen LogP contribution in [0.2, 0.25) is 10.2 Å². The minimum Gasteiger partial charge on any atom is -0.382 e. The molecule has 3 aromatic carbocycles. The number of nitrogen functional groups attached to an aromatic ring is 1. The molecule has 0 aliphatic rings. The van der Waals surface area contributed by atoms with Gasteiger partial charge in [0.25, 0.3) is 5.91 Å². The van der Waals surface area contributed by atoms with Crippen LogP contribution in [-0.2, 0) is 6.42 Å². The molecule has 35 heavy (non-hydrogen) atoms. The minimum atomic E-state index is -0.885. The fourth-order valence-electron chi connectivity index (χ4n) is 4.18. The van der Waals surface area contributed by atoms with Crippen molar-refractivity contribution < 1.29 is 9.18 Å². The highest BCUT2D eigenvalue weighted by atomic mass is 35.5. The SMILES string of the molecule is NC(=O)c1ccc(Cl)c([C@H](Cc2ccccc2)c2nc(-c3ccc4c(N)n[nH]c4c3)c(Cl)[nH]2)c1F. The normalized spacial score (nSPS) is 12.2. The van der Waals surface area contributed by atoms with E-state index in [1.807, 2.05) is 48.5 Å². The van der Waals surface area contributed by atoms with Crippen molar-refractivity contribution >= 4 is 45.8 Å². The van der Waals surface area contributed by atoms with Crippen LogP contribution in [0.25, 0.3) is 22.2 Å². The van der Waals surface area contributed by atoms with Crippen molar-refractivity contribution in [3.63, 3.8) is 0 Å². The predicted molar refractivity (Wildman–Crippen MR) is 135 cm³/mol. The van der Waals surface area contributed by atoms with Crippen molar-refractivity contribution in [2.45, 2.75) is 12.3 Å². The molecule has 7 nitrogen and oxygen atoms in total. The molecule has 6 N–H and O–H groups in total. The molecule has 0 radical (unpaired) electrons. The monoisotopic (exact) mass is 508 g/mol. The van der Waals surface area contributed by atoms with Crippen LogP contribution < -0.4 is 11.5 Å². The van der Waals surface area contributed by atoms with Crippen LogP contribution in [0.4, 0.5) is 10.2 Å². The molecular formula is C25H19Cl2FN6O. The summed E-state index contributed by atoms with van der Waals surface area (Å²) in [6.07, 6.45) is 0.346. The zero-order valence-electron chi connectivity index (χ0n) is 18.1. The summed E-state index contributed by atoms with van der Waals surface area (Å²) in [4.78, 5) is 19.6. The first-order valence-electron chi connectivity index (χ1n) is 10.6. The van der Waals surface area contributed by atoms with Crippen molar-refractivity contribution in [2.24, 2.45) is 5.73 Å². The Labute approximate surface area is 209 Å². The second-order valence-corrected chi connectivity index (χ2v) is 8.87. The molecule has 0 aliphatic carbocycles. The van der Waals surface area contributed by atoms with Gasteiger partial charge in [-0.05, 0) is 36.2 Å². The molecule has 176 valence electrons. The number of hydrogen-bond donors (Lipinski definition) is 4. The molecule has 5 aromatic rings. The summed E-state index contributed by atoms with van der Waals surface area (Å²) in [7, 11) is 0. The smallest absolute Gasteiger partial charge is 0.251 e. The summed E-state index contributed by atoms with van der Waals surface area (Å²) in [5.41, 5.74) is 14.0. The number of amides is 1. The molecule has 5 rings (SSSR count). The highest BCUT2D eigenvalue weighted by molar-refractivity contribution is 6.32. The van der Waals surface area contributed by atoms with Crippen LogP contribution in [0.15, 0.2) is 60.7 Å². The van der Waals surface area contributed by atoms with Gasteiger partial charge in [0.05, 0.1) is 17.0 Å². The first-order chi connectivity index (χ1) is 16.8. The maximum absolute atomic E-state index is 15.5. The molecule has 2 aromatic heterocycles. The number of imidazole rings is 1. The van der Waals surface area contributed by atoms with Gasteiger partial charge in [0.15, 0.2) is 5.82 Å². The van der Waals surface area contributed by atoms with Gasteiger partial charge in [0.2, 0.25) is 0 Å². The molecule has 0 saturated carbocycles. The van der Waals surface area contributed by atoms with Gasteiger partial charge in [0, 0.05) is 21.5 Å². The molecule has 1 amide bonds. The number of carbonyl (C=O) groups is 1. The standard InChI is InChI=1S/C25H19Cl2FN6O/c26-17-9-8-15(24(30)35)20(28)19(17)16(10-12-4-2-1-3-5-12)25-31-21(22(27)32-25)13-6-7-14-18(11-13)33-34-23(14)29/h1-9,11,16H,10H2,(H2,30,35)(H,31,32)(H3,29,33,34)/t16-/m0/s1. The molecule has 0 saturated heterocycles. The summed E-state index contributed by atoms with van der Waals surface area (Å²) < 4.78 is 15.5. The fourth-order valence-corrected chi connectivity index (χ4v) is 4.70. The second-order valence-electron chi connectivity index (χ2n) is 8.08. The van der Waals surface area contributed by atoms with Gasteiger partial charge >= 0.3 is 0 Å². The van der Waals surface area contributed by atoms with Crippen LogP contribution >= 0.6 is 23.2 Å². The maximum atomic E-state index is 15.5. The Kier molecular flexibility index (Phi) is 5.92. The second kappa shape index (κ2) is 9.05. The Balaban J connectivity index is 1.65. The Morgan fingerprint density at radius 2 is 1.86 bits per heavy atom. The quantitative estimate of drug-likeness (QED) is 0.243. The number of aromatic amines is 2. The third kappa shape index (κ3) is 4.22. The number of H-pyrrole nitrogens is 2. The summed E-state index contributed by atoms with van der Waals surface area (Å²) in [5, 5.41) is 8.08. The number of primary amides is 1. The number of aromatic nitrogens is 4. The van der Waals surface area contributed by atoms with E-state index in [-0.39, 0.29) is 21.3 Å². The van der Waals surface area contributed by atoms with E-state index < -0.39 is 17.6 Å². The zero-order chi connectivity index (χ0) is 24.7. The van der Waals surface area contributed by atoms with Crippen LogP contribution in [0.3, 0.4) is 0 Å². The number of fused-ring (bicyclic) bond motifs is 1. The molecule has 0 unspecified atom stereocenters. The number of nitrogens with two attached hydrogens (primary N) is 2. The maximum Gasteiger partial charge on any atom is 0.251 e. The van der Waals surface area contributed by atoms with E-state index in [1.54, 1.807) is 0 Å². The van der Waals surface area contributed by atoms with Gasteiger partial charge in [-0.2, -0.15) is 5.10 Å². The molecule has 1 atom stereocenters. The highest BCUT2D eigenvalue weighted by Crippen LogP contribution is 2.38. The van der Waals surface area contributed by atoms with Crippen molar-refractivity contribution in [3.05, 3.63) is 99.2 Å². The number of hydrogen-bond acceptors (Lipinski definition) is 4. The number of halogens is 3. The number of nitrogens with one attached hydrogen (secondary N) is 2. The van der Waals surface area contributed by atoms with E-state index in [0.717, 1.165) is 16.5 Å². The largest absolute Gasteiger partial charge is 0.382 e. The van der Waals surface area contributed by atoms with Gasteiger partial charge in [-0.1, -0.05) is 59.6 Å². The highest BCUT2D eigenvalue weighted by Gasteiger charge is 2.28. The van der Waals surface area contributed by atoms with Crippen molar-refractivity contribution in [1.82, 2.24) is 20.2 Å². The summed E-state index contributed by atoms with van der Waals surface area (Å²) in [6.45, 7) is 0. The number of benzene rings is 3. The van der Waals surface area contributed by atoms with Crippen LogP contribution in [0, 0.1) is 5.82 Å². The topological polar surface area (TPSA) is 126 Å². The van der Waals surface area contributed by atoms with Gasteiger partial charge in [-0.3, -0.25) is 9.89 Å². The van der Waals surface area contributed by atoms with Crippen LogP contribution in [0.1, 0.15) is 33.2 Å². The number of nitrogens with zero attached hydrogens (tertiary/aromatic N) is 2. The van der Waals surface area contributed by atoms with Crippen LogP contribution in [0.5, 0.6) is 0 Å². The van der Waals surface area contributed by atoms with E-state index >= 15 is 4.39 Å². The summed E-state index contributed by atoms with van der Waals surface area (Å²) in [5.74, 6) is -1.57. The molecule has 10 heteroatoms. The summed E-state index contributed by atoms with van der Waals surface area (Å²) >= 11 is 13.0. The lowest BCUT2D eigenvalue weighted by atomic mass is 9.89. The molecular weight excluding hydrogens is 490 g/mol. The van der Waals surface area contributed by atoms with E-state index in [4.69, 9.17) is 39.7 Å². The van der Waals surface area contributed by atoms with E-state index in [0.29, 0.717) is 29.3 Å². The van der Waals surface area contributed by atoms with Gasteiger partial charge < -0.3 is 16.5 Å². The Hall–Kier alpha value is -3.88. The lowest BCUT2D eigenvalue weighted by molar-refractivity contribution is 0.0996. The average molecular weight is 509 g/mol. The Morgan fingerprint density at radius 3 is 2.60 bits per heavy atom. The van der Waals surface area contributed by atoms with Gasteiger partial charge in [0.1, 0.15) is 22.5 Å². The number of anilines is 1. The van der Waals surface area contributed by atoms with E-state index in [2.05, 4.69) is 15.2 Å². The molecule has 0 fully saturated rings. The minimum absolute atomic E-state index is 0.112. The third-order valence-corrected chi connectivity index (χ3v) is 6.50. The average Bonchev–Trinajstić information content (AvgIpc) is 3.41. The lowest BCUT2D eigenvalue weighted by Gasteiger charge is -2.19. The van der Waals surface area contributed by atoms with E-state index in [1.165, 1.54) is 12.1 Å². The van der Waals surface area contributed by atoms with E-state index in [9.17, 15) is 4.79 Å². The Bertz CT molecular complexity index is 1560. The molecule has 2 heterocycles. The first-order valence-corrected chi connectivity index (χ1v) is 11.4. The number of carbonyl (C=O) groups excluding carboxylic acids is 1. The van der Waals surface area contributed by atoms with Crippen LogP contribution in [-0.4, -0.2) is 26.1 Å². The lowest BCUT2D eigenvalue weighted by Crippen LogP contribution is -2.17. The third-order valence-electron chi connectivity index (χ3n) is 5.90. The van der Waals surface area contributed by atoms with Gasteiger partial charge in [-0.15, -0.1) is 0 Å². The van der Waals surface area contributed by atoms with Crippen molar-refractivity contribution in [3.8, 4) is 11.3 Å². The molecule has 0 aliphatic heterocycles. The van der Waals surface area contributed by atoms with Gasteiger partial charge in [-0.25, -0.2) is 9.37 Å². The summed E-state index contributed by atoms with van der Waals surface area (Å²) in [6, 6.07) is 17.7. The first kappa shape index (κ1) is 22.9. The number of rotatable bonds is 6. The van der Waals surface area contributed by atoms with Crippen molar-refractivity contribution in [1.29, 1.82) is 0 Å². The predicted octanol–water partition coefficient (Wildman–Crippen LogP) is 5.45. The zero-order valence-corrected chi connectivity index (χ0v) is 19.7. The molecule has 0 bridgehead atoms. The fraction of sp³-hybridized carbons (Fsp3) is 0.0800. The Morgan fingerprint density at radius 1 is 1.09 bits per heavy atom.